The zero-order valence-electron chi connectivity index (χ0n) is 29.4. The van der Waals surface area contributed by atoms with Crippen molar-refractivity contribution in [3.8, 4) is 45.6 Å². The molecule has 2 aliphatic rings. The maximum absolute atomic E-state index is 9.65. The molecule has 13 heteroatoms. The van der Waals surface area contributed by atoms with Gasteiger partial charge < -0.3 is 50.8 Å². The van der Waals surface area contributed by atoms with E-state index < -0.39 is 0 Å². The van der Waals surface area contributed by atoms with Gasteiger partial charge in [0, 0.05) is 44.8 Å². The number of aromatic nitrogens is 8. The minimum atomic E-state index is 0. The molecule has 9 rings (SSSR count). The van der Waals surface area contributed by atoms with Crippen LogP contribution in [0.5, 0.6) is 0 Å². The Balaban J connectivity index is 0.000000324. The van der Waals surface area contributed by atoms with Crippen LogP contribution in [0.3, 0.4) is 0 Å². The van der Waals surface area contributed by atoms with Crippen molar-refractivity contribution in [2.24, 2.45) is 0 Å². The van der Waals surface area contributed by atoms with Gasteiger partial charge in [0.05, 0.1) is 23.3 Å². The van der Waals surface area contributed by atoms with Gasteiger partial charge in [-0.25, -0.2) is 9.97 Å². The van der Waals surface area contributed by atoms with E-state index in [0.29, 0.717) is 45.9 Å². The minimum absolute atomic E-state index is 0. The third kappa shape index (κ3) is 7.75. The monoisotopic (exact) mass is 716 g/mol. The smallest absolute Gasteiger partial charge is 0.854 e. The summed E-state index contributed by atoms with van der Waals surface area (Å²) >= 11 is 0. The summed E-state index contributed by atoms with van der Waals surface area (Å²) in [6, 6.07) is 31.8. The predicted molar refractivity (Wildman–Crippen MR) is 207 cm³/mol. The Morgan fingerprint density at radius 3 is 0.925 bits per heavy atom. The Morgan fingerprint density at radius 2 is 0.698 bits per heavy atom. The molecular formula is C40H36N10O2Si. The number of nitrogens with zero attached hydrogens (tertiary/aromatic N) is 8. The van der Waals surface area contributed by atoms with Gasteiger partial charge in [0.2, 0.25) is 0 Å². The van der Waals surface area contributed by atoms with Crippen LogP contribution in [0.4, 0.5) is 0 Å². The molecule has 0 aliphatic carbocycles. The molecule has 0 spiro atoms. The first-order chi connectivity index (χ1) is 25.6. The van der Waals surface area contributed by atoms with Crippen molar-refractivity contribution in [2.75, 3.05) is 40.4 Å². The van der Waals surface area contributed by atoms with Gasteiger partial charge in [0.25, 0.3) is 0 Å². The molecule has 0 unspecified atom stereocenters. The van der Waals surface area contributed by atoms with Crippen molar-refractivity contribution in [2.45, 2.75) is 12.8 Å². The van der Waals surface area contributed by atoms with Gasteiger partial charge in [-0.1, -0.05) is 110 Å². The zero-order valence-corrected chi connectivity index (χ0v) is 30.4. The Hall–Kier alpha value is -5.70. The summed E-state index contributed by atoms with van der Waals surface area (Å²) in [7, 11) is 3.69. The second kappa shape index (κ2) is 17.2. The van der Waals surface area contributed by atoms with Crippen LogP contribution in [0.2, 0.25) is 0 Å². The molecule has 4 aromatic carbocycles. The first-order valence-electron chi connectivity index (χ1n) is 17.2. The van der Waals surface area contributed by atoms with Crippen LogP contribution in [-0.2, 0) is 0 Å². The zero-order chi connectivity index (χ0) is 35.9. The molecule has 262 valence electrons. The molecule has 2 aliphatic heterocycles. The second-order valence-electron chi connectivity index (χ2n) is 12.0. The molecule has 8 bridgehead atoms. The summed E-state index contributed by atoms with van der Waals surface area (Å²) in [4.78, 5) is 39.3. The molecule has 0 fully saturated rings. The second-order valence-corrected chi connectivity index (χ2v) is 12.0. The van der Waals surface area contributed by atoms with Crippen molar-refractivity contribution in [1.82, 2.24) is 50.5 Å². The standard InChI is InChI=1S/C32H16N8.2C4H10NO.Si/c1-2-10-18-17(9-1)25-33-26(18)38-28-21-13-5-6-14-22(21)30(35-28)40-32-24-16-8-7-15-23(24)31(36-32)39-29-20-12-4-3-11-19(20)27(34-29)37-25;2*1-5-3-2-4-6;/h1-16H;2*5H,2-4H2,1H3;/q-2;2*-1;+4. The molecule has 0 radical (unpaired) electrons. The topological polar surface area (TPSA) is 176 Å². The molecule has 0 atom stereocenters. The number of hydrogen-bond donors (Lipinski definition) is 2. The van der Waals surface area contributed by atoms with Crippen LogP contribution in [0, 0.1) is 0 Å². The van der Waals surface area contributed by atoms with E-state index in [1.165, 1.54) is 0 Å². The molecule has 0 saturated carbocycles. The fourth-order valence-corrected chi connectivity index (χ4v) is 5.96. The van der Waals surface area contributed by atoms with Crippen molar-refractivity contribution >= 4 is 55.1 Å². The van der Waals surface area contributed by atoms with Crippen molar-refractivity contribution in [3.63, 3.8) is 0 Å². The van der Waals surface area contributed by atoms with Crippen molar-refractivity contribution in [3.05, 3.63) is 97.1 Å². The van der Waals surface area contributed by atoms with E-state index in [-0.39, 0.29) is 24.2 Å². The van der Waals surface area contributed by atoms with Crippen LogP contribution >= 0.6 is 0 Å². The number of nitrogens with one attached hydrogen (secondary N) is 2. The van der Waals surface area contributed by atoms with Gasteiger partial charge in [-0.3, -0.25) is 0 Å². The Kier molecular flexibility index (Phi) is 12.0. The maximum Gasteiger partial charge on any atom is 4.00 e. The summed E-state index contributed by atoms with van der Waals surface area (Å²) in [6.07, 6.45) is 1.49. The van der Waals surface area contributed by atoms with E-state index >= 15 is 0 Å². The SMILES string of the molecule is CNCCC[O-].CNCCC[O-].[Si+4].c1ccc2c(c1)-c1nc-2nc2[n-]c(nc3nc(nc4[n-]c(n1)c1ccccc41)-c1ccccc1-3)c1ccccc21. The van der Waals surface area contributed by atoms with E-state index in [1.54, 1.807) is 0 Å². The largest absolute Gasteiger partial charge is 4.00 e. The van der Waals surface area contributed by atoms with Crippen LogP contribution in [0.1, 0.15) is 12.8 Å². The van der Waals surface area contributed by atoms with E-state index in [4.69, 9.17) is 39.9 Å². The summed E-state index contributed by atoms with van der Waals surface area (Å²) in [5.41, 5.74) is 5.78. The molecular weight excluding hydrogens is 681 g/mol. The third-order valence-electron chi connectivity index (χ3n) is 8.47. The first-order valence-corrected chi connectivity index (χ1v) is 17.2. The van der Waals surface area contributed by atoms with E-state index in [9.17, 15) is 10.2 Å². The molecule has 53 heavy (non-hydrogen) atoms. The van der Waals surface area contributed by atoms with Gasteiger partial charge in [0.15, 0.2) is 0 Å². The average Bonchev–Trinajstić information content (AvgIpc) is 3.92. The van der Waals surface area contributed by atoms with Crippen molar-refractivity contribution in [1.29, 1.82) is 0 Å². The van der Waals surface area contributed by atoms with Gasteiger partial charge in [-0.15, -0.1) is 13.2 Å². The van der Waals surface area contributed by atoms with Crippen LogP contribution in [0.15, 0.2) is 97.1 Å². The van der Waals surface area contributed by atoms with E-state index in [0.717, 1.165) is 69.7 Å². The van der Waals surface area contributed by atoms with E-state index in [1.807, 2.05) is 111 Å². The summed E-state index contributed by atoms with van der Waals surface area (Å²) in [6.45, 7) is 1.79. The fourth-order valence-electron chi connectivity index (χ4n) is 5.96. The summed E-state index contributed by atoms with van der Waals surface area (Å²) in [5, 5.41) is 28.6. The fraction of sp³-hybridized carbons (Fsp3) is 0.200. The Morgan fingerprint density at radius 1 is 0.434 bits per heavy atom. The minimum Gasteiger partial charge on any atom is -0.854 e. The molecule has 0 saturated heterocycles. The number of benzene rings is 4. The predicted octanol–water partition coefficient (Wildman–Crippen LogP) is 3.66. The Labute approximate surface area is 310 Å². The normalized spacial score (nSPS) is 11.1. The number of hydrogen-bond acceptors (Lipinski definition) is 10. The van der Waals surface area contributed by atoms with Crippen LogP contribution in [0.25, 0.3) is 89.7 Å². The quantitative estimate of drug-likeness (QED) is 0.189. The Bertz CT molecular complexity index is 2180. The average molecular weight is 717 g/mol. The van der Waals surface area contributed by atoms with Gasteiger partial charge in [0.1, 0.15) is 0 Å². The molecule has 7 aromatic rings. The summed E-state index contributed by atoms with van der Waals surface area (Å²) < 4.78 is 0. The van der Waals surface area contributed by atoms with E-state index in [2.05, 4.69) is 10.6 Å². The van der Waals surface area contributed by atoms with Gasteiger partial charge >= 0.3 is 11.0 Å². The van der Waals surface area contributed by atoms with Crippen molar-refractivity contribution < 1.29 is 10.2 Å². The van der Waals surface area contributed by atoms with Crippen LogP contribution in [-0.4, -0.2) is 81.3 Å². The first kappa shape index (κ1) is 37.1. The van der Waals surface area contributed by atoms with Gasteiger partial charge in [-0.2, -0.15) is 0 Å². The molecule has 12 nitrogen and oxygen atoms in total. The molecule has 0 amide bonds. The number of fused-ring (bicyclic) bond motifs is 20. The third-order valence-corrected chi connectivity index (χ3v) is 8.47. The molecule has 2 N–H and O–H groups in total. The number of rotatable bonds is 6. The molecule has 5 heterocycles. The van der Waals surface area contributed by atoms with Crippen LogP contribution < -0.4 is 30.8 Å². The summed E-state index contributed by atoms with van der Waals surface area (Å²) in [5.74, 6) is 2.21. The van der Waals surface area contributed by atoms with Gasteiger partial charge in [-0.05, 0) is 48.7 Å². The molecule has 3 aromatic heterocycles. The maximum atomic E-state index is 9.65.